The maximum Gasteiger partial charge on any atom is 0.172 e. The third kappa shape index (κ3) is 3.90. The SMILES string of the molecule is COc1cc(Cl)cc(C=O)c1OCc1ccc(Br)cc1Cl. The summed E-state index contributed by atoms with van der Waals surface area (Å²) in [5.41, 5.74) is 1.13. The van der Waals surface area contributed by atoms with E-state index in [0.717, 1.165) is 10.0 Å². The van der Waals surface area contributed by atoms with Gasteiger partial charge in [-0.2, -0.15) is 0 Å². The highest BCUT2D eigenvalue weighted by Crippen LogP contribution is 2.35. The fourth-order valence-corrected chi connectivity index (χ4v) is 2.72. The Bertz CT molecular complexity index is 674. The minimum Gasteiger partial charge on any atom is -0.493 e. The van der Waals surface area contributed by atoms with Crippen LogP contribution in [0.3, 0.4) is 0 Å². The van der Waals surface area contributed by atoms with Crippen molar-refractivity contribution >= 4 is 45.4 Å². The number of carbonyl (C=O) groups excluding carboxylic acids is 1. The molecular weight excluding hydrogens is 379 g/mol. The van der Waals surface area contributed by atoms with Gasteiger partial charge in [0.25, 0.3) is 0 Å². The minimum absolute atomic E-state index is 0.213. The quantitative estimate of drug-likeness (QED) is 0.663. The molecule has 0 saturated carbocycles. The second-order valence-electron chi connectivity index (χ2n) is 4.17. The fraction of sp³-hybridized carbons (Fsp3) is 0.133. The van der Waals surface area contributed by atoms with Crippen molar-refractivity contribution in [3.8, 4) is 11.5 Å². The molecule has 110 valence electrons. The number of rotatable bonds is 5. The largest absolute Gasteiger partial charge is 0.493 e. The zero-order valence-corrected chi connectivity index (χ0v) is 14.1. The van der Waals surface area contributed by atoms with Gasteiger partial charge >= 0.3 is 0 Å². The molecule has 3 nitrogen and oxygen atoms in total. The molecule has 2 rings (SSSR count). The molecule has 0 unspecified atom stereocenters. The Balaban J connectivity index is 2.29. The van der Waals surface area contributed by atoms with Gasteiger partial charge in [-0.1, -0.05) is 45.2 Å². The van der Waals surface area contributed by atoms with Gasteiger partial charge in [0.2, 0.25) is 0 Å². The van der Waals surface area contributed by atoms with E-state index in [1.54, 1.807) is 12.1 Å². The summed E-state index contributed by atoms with van der Waals surface area (Å²) in [6.07, 6.45) is 0.674. The fourth-order valence-electron chi connectivity index (χ4n) is 1.77. The zero-order chi connectivity index (χ0) is 15.4. The van der Waals surface area contributed by atoms with E-state index < -0.39 is 0 Å². The standard InChI is InChI=1S/C15H11BrCl2O3/c1-20-14-6-12(17)4-10(7-19)15(14)21-8-9-2-3-11(16)5-13(9)18/h2-7H,8H2,1H3. The van der Waals surface area contributed by atoms with Gasteiger partial charge in [0.15, 0.2) is 17.8 Å². The molecule has 0 aromatic heterocycles. The Kier molecular flexibility index (Phi) is 5.51. The molecule has 0 amide bonds. The van der Waals surface area contributed by atoms with Crippen LogP contribution in [0.4, 0.5) is 0 Å². The molecule has 21 heavy (non-hydrogen) atoms. The average molecular weight is 390 g/mol. The van der Waals surface area contributed by atoms with E-state index in [2.05, 4.69) is 15.9 Å². The van der Waals surface area contributed by atoms with Crippen molar-refractivity contribution < 1.29 is 14.3 Å². The number of benzene rings is 2. The molecule has 0 atom stereocenters. The average Bonchev–Trinajstić information content (AvgIpc) is 2.46. The molecule has 0 aliphatic heterocycles. The van der Waals surface area contributed by atoms with Crippen molar-refractivity contribution in [2.45, 2.75) is 6.61 Å². The number of carbonyl (C=O) groups is 1. The van der Waals surface area contributed by atoms with Crippen LogP contribution in [0.15, 0.2) is 34.8 Å². The first-order valence-electron chi connectivity index (χ1n) is 5.94. The van der Waals surface area contributed by atoms with Crippen molar-refractivity contribution in [3.05, 3.63) is 56.0 Å². The van der Waals surface area contributed by atoms with E-state index in [0.29, 0.717) is 33.4 Å². The van der Waals surface area contributed by atoms with Gasteiger partial charge in [0, 0.05) is 26.1 Å². The van der Waals surface area contributed by atoms with Crippen molar-refractivity contribution in [1.29, 1.82) is 0 Å². The molecule has 0 radical (unpaired) electrons. The molecule has 0 aliphatic rings. The van der Waals surface area contributed by atoms with E-state index in [1.807, 2.05) is 12.1 Å². The van der Waals surface area contributed by atoms with Gasteiger partial charge in [0.05, 0.1) is 12.7 Å². The lowest BCUT2D eigenvalue weighted by atomic mass is 10.2. The third-order valence-electron chi connectivity index (χ3n) is 2.78. The van der Waals surface area contributed by atoms with Crippen LogP contribution in [0, 0.1) is 0 Å². The number of halogens is 3. The minimum atomic E-state index is 0.213. The molecule has 6 heteroatoms. The molecule has 0 spiro atoms. The number of aldehydes is 1. The lowest BCUT2D eigenvalue weighted by Gasteiger charge is -2.14. The Morgan fingerprint density at radius 1 is 1.24 bits per heavy atom. The van der Waals surface area contributed by atoms with Crippen LogP contribution >= 0.6 is 39.1 Å². The van der Waals surface area contributed by atoms with Crippen molar-refractivity contribution in [2.24, 2.45) is 0 Å². The Hall–Kier alpha value is -1.23. The van der Waals surface area contributed by atoms with Gasteiger partial charge in [-0.05, 0) is 18.2 Å². The van der Waals surface area contributed by atoms with Gasteiger partial charge in [-0.25, -0.2) is 0 Å². The van der Waals surface area contributed by atoms with Crippen molar-refractivity contribution in [3.63, 3.8) is 0 Å². The van der Waals surface area contributed by atoms with Crippen LogP contribution in [0.2, 0.25) is 10.0 Å². The lowest BCUT2D eigenvalue weighted by molar-refractivity contribution is 0.111. The summed E-state index contributed by atoms with van der Waals surface area (Å²) in [5.74, 6) is 0.744. The van der Waals surface area contributed by atoms with Crippen LogP contribution in [0.5, 0.6) is 11.5 Å². The predicted octanol–water partition coefficient (Wildman–Crippen LogP) is 5.16. The first kappa shape index (κ1) is 16.1. The summed E-state index contributed by atoms with van der Waals surface area (Å²) < 4.78 is 11.8. The van der Waals surface area contributed by atoms with Crippen LogP contribution in [-0.2, 0) is 6.61 Å². The summed E-state index contributed by atoms with van der Waals surface area (Å²) >= 11 is 15.4. The smallest absolute Gasteiger partial charge is 0.172 e. The molecule has 0 saturated heterocycles. The maximum atomic E-state index is 11.1. The number of hydrogen-bond acceptors (Lipinski definition) is 3. The Morgan fingerprint density at radius 2 is 2.00 bits per heavy atom. The second-order valence-corrected chi connectivity index (χ2v) is 5.93. The second kappa shape index (κ2) is 7.16. The monoisotopic (exact) mass is 388 g/mol. The first-order chi connectivity index (χ1) is 10.0. The van der Waals surface area contributed by atoms with Crippen molar-refractivity contribution in [1.82, 2.24) is 0 Å². The topological polar surface area (TPSA) is 35.5 Å². The van der Waals surface area contributed by atoms with Crippen LogP contribution in [0.25, 0.3) is 0 Å². The molecule has 2 aromatic rings. The number of hydrogen-bond donors (Lipinski definition) is 0. The van der Waals surface area contributed by atoms with Gasteiger partial charge < -0.3 is 9.47 Å². The third-order valence-corrected chi connectivity index (χ3v) is 3.85. The first-order valence-corrected chi connectivity index (χ1v) is 7.49. The molecule has 0 fully saturated rings. The van der Waals surface area contributed by atoms with Crippen LogP contribution in [-0.4, -0.2) is 13.4 Å². The van der Waals surface area contributed by atoms with Crippen LogP contribution in [0.1, 0.15) is 15.9 Å². The Morgan fingerprint density at radius 3 is 2.62 bits per heavy atom. The van der Waals surface area contributed by atoms with E-state index in [4.69, 9.17) is 32.7 Å². The predicted molar refractivity (Wildman–Crippen MR) is 86.9 cm³/mol. The number of methoxy groups -OCH3 is 1. The lowest BCUT2D eigenvalue weighted by Crippen LogP contribution is -2.01. The summed E-state index contributed by atoms with van der Waals surface area (Å²) in [6, 6.07) is 8.60. The van der Waals surface area contributed by atoms with E-state index in [1.165, 1.54) is 13.2 Å². The molecule has 2 aromatic carbocycles. The highest BCUT2D eigenvalue weighted by atomic mass is 79.9. The van der Waals surface area contributed by atoms with Gasteiger partial charge in [-0.3, -0.25) is 4.79 Å². The summed E-state index contributed by atoms with van der Waals surface area (Å²) in [7, 11) is 1.49. The normalized spacial score (nSPS) is 10.3. The van der Waals surface area contributed by atoms with E-state index >= 15 is 0 Å². The van der Waals surface area contributed by atoms with Crippen LogP contribution < -0.4 is 9.47 Å². The maximum absolute atomic E-state index is 11.1. The highest BCUT2D eigenvalue weighted by molar-refractivity contribution is 9.10. The van der Waals surface area contributed by atoms with E-state index in [9.17, 15) is 4.79 Å². The molecule has 0 aliphatic carbocycles. The molecule has 0 N–H and O–H groups in total. The number of ether oxygens (including phenoxy) is 2. The molecule has 0 heterocycles. The summed E-state index contributed by atoms with van der Waals surface area (Å²) in [5, 5.41) is 0.980. The zero-order valence-electron chi connectivity index (χ0n) is 11.0. The summed E-state index contributed by atoms with van der Waals surface area (Å²) in [6.45, 7) is 0.213. The molecular formula is C15H11BrCl2O3. The highest BCUT2D eigenvalue weighted by Gasteiger charge is 2.13. The van der Waals surface area contributed by atoms with Crippen molar-refractivity contribution in [2.75, 3.05) is 7.11 Å². The van der Waals surface area contributed by atoms with E-state index in [-0.39, 0.29) is 6.61 Å². The Labute approximate surface area is 140 Å². The van der Waals surface area contributed by atoms with Gasteiger partial charge in [0.1, 0.15) is 6.61 Å². The van der Waals surface area contributed by atoms with Gasteiger partial charge in [-0.15, -0.1) is 0 Å². The summed E-state index contributed by atoms with van der Waals surface area (Å²) in [4.78, 5) is 11.1. The molecule has 0 bridgehead atoms.